The van der Waals surface area contributed by atoms with Gasteiger partial charge in [0.25, 0.3) is 0 Å². The van der Waals surface area contributed by atoms with E-state index in [4.69, 9.17) is 0 Å². The van der Waals surface area contributed by atoms with Crippen LogP contribution in [-0.4, -0.2) is 8.07 Å². The number of hydrogen-bond donors (Lipinski definition) is 0. The number of hydrogen-bond acceptors (Lipinski definition) is 0. The molecule has 0 fully saturated rings. The SMILES string of the molecule is C[Si]1(C)C(c2ccccc2)=C(c2ccccc2)c2cc3cccc4ccc5ccc1c2c5c43. The summed E-state index contributed by atoms with van der Waals surface area (Å²) < 4.78 is 0. The molecule has 7 rings (SSSR count). The van der Waals surface area contributed by atoms with Crippen LogP contribution in [-0.2, 0) is 0 Å². The van der Waals surface area contributed by atoms with E-state index in [0.717, 1.165) is 0 Å². The summed E-state index contributed by atoms with van der Waals surface area (Å²) in [6.45, 7) is 5.07. The minimum atomic E-state index is -2.01. The summed E-state index contributed by atoms with van der Waals surface area (Å²) in [5.41, 5.74) is 5.48. The Bertz CT molecular complexity index is 1710. The fourth-order valence-corrected chi connectivity index (χ4v) is 9.61. The van der Waals surface area contributed by atoms with Crippen molar-refractivity contribution in [2.75, 3.05) is 0 Å². The Morgan fingerprint density at radius 1 is 0.485 bits per heavy atom. The van der Waals surface area contributed by atoms with Crippen LogP contribution in [0.1, 0.15) is 16.7 Å². The Morgan fingerprint density at radius 3 is 1.82 bits per heavy atom. The predicted molar refractivity (Wildman–Crippen MR) is 146 cm³/mol. The Labute approximate surface area is 195 Å². The van der Waals surface area contributed by atoms with Crippen molar-refractivity contribution in [1.82, 2.24) is 0 Å². The fourth-order valence-electron chi connectivity index (χ4n) is 6.17. The molecule has 1 heterocycles. The Balaban J connectivity index is 1.76. The van der Waals surface area contributed by atoms with E-state index in [-0.39, 0.29) is 0 Å². The molecular formula is C32H24Si. The van der Waals surface area contributed by atoms with Crippen molar-refractivity contribution in [3.63, 3.8) is 0 Å². The molecular weight excluding hydrogens is 412 g/mol. The first kappa shape index (κ1) is 18.8. The van der Waals surface area contributed by atoms with E-state index in [2.05, 4.69) is 122 Å². The van der Waals surface area contributed by atoms with Crippen LogP contribution in [0.15, 0.2) is 109 Å². The van der Waals surface area contributed by atoms with Crippen molar-refractivity contribution < 1.29 is 0 Å². The molecule has 33 heavy (non-hydrogen) atoms. The Kier molecular flexibility index (Phi) is 3.81. The highest BCUT2D eigenvalue weighted by Gasteiger charge is 2.39. The molecule has 0 amide bonds. The molecule has 0 N–H and O–H groups in total. The van der Waals surface area contributed by atoms with Crippen molar-refractivity contribution in [3.8, 4) is 0 Å². The molecule has 6 aromatic carbocycles. The average Bonchev–Trinajstić information content (AvgIpc) is 2.86. The molecule has 0 nitrogen and oxygen atoms in total. The second-order valence-electron chi connectivity index (χ2n) is 9.76. The van der Waals surface area contributed by atoms with Crippen LogP contribution in [0.5, 0.6) is 0 Å². The van der Waals surface area contributed by atoms with Crippen LogP contribution in [0.25, 0.3) is 43.1 Å². The third kappa shape index (κ3) is 2.51. The summed E-state index contributed by atoms with van der Waals surface area (Å²) >= 11 is 0. The molecule has 1 aliphatic rings. The molecule has 0 saturated carbocycles. The molecule has 0 spiro atoms. The van der Waals surface area contributed by atoms with Gasteiger partial charge in [0.15, 0.2) is 0 Å². The summed E-state index contributed by atoms with van der Waals surface area (Å²) in [5.74, 6) is 0. The third-order valence-corrected chi connectivity index (χ3v) is 11.1. The molecule has 0 bridgehead atoms. The smallest absolute Gasteiger partial charge is 0.0622 e. The monoisotopic (exact) mass is 436 g/mol. The average molecular weight is 437 g/mol. The molecule has 0 atom stereocenters. The summed E-state index contributed by atoms with van der Waals surface area (Å²) in [6.07, 6.45) is 0. The Hall–Kier alpha value is -3.68. The highest BCUT2D eigenvalue weighted by atomic mass is 28.3. The lowest BCUT2D eigenvalue weighted by Gasteiger charge is -2.37. The minimum absolute atomic E-state index is 1.32. The normalized spacial score (nSPS) is 15.1. The van der Waals surface area contributed by atoms with E-state index in [1.165, 1.54) is 54.6 Å². The van der Waals surface area contributed by atoms with E-state index in [9.17, 15) is 0 Å². The largest absolute Gasteiger partial charge is 0.114 e. The zero-order valence-electron chi connectivity index (χ0n) is 18.9. The molecule has 0 unspecified atom stereocenters. The summed E-state index contributed by atoms with van der Waals surface area (Å²) in [4.78, 5) is 0. The van der Waals surface area contributed by atoms with Gasteiger partial charge in [0.1, 0.15) is 8.07 Å². The van der Waals surface area contributed by atoms with E-state index in [0.29, 0.717) is 0 Å². The molecule has 1 heteroatoms. The Morgan fingerprint density at radius 2 is 1.09 bits per heavy atom. The van der Waals surface area contributed by atoms with Gasteiger partial charge in [-0.25, -0.2) is 0 Å². The van der Waals surface area contributed by atoms with Crippen molar-refractivity contribution in [3.05, 3.63) is 126 Å². The summed E-state index contributed by atoms with van der Waals surface area (Å²) in [6, 6.07) is 40.7. The third-order valence-electron chi connectivity index (χ3n) is 7.57. The molecule has 0 aromatic heterocycles. The molecule has 1 aliphatic heterocycles. The van der Waals surface area contributed by atoms with Gasteiger partial charge in [-0.15, -0.1) is 0 Å². The zero-order valence-corrected chi connectivity index (χ0v) is 19.9. The molecule has 6 aromatic rings. The quantitative estimate of drug-likeness (QED) is 0.190. The van der Waals surface area contributed by atoms with E-state index >= 15 is 0 Å². The molecule has 0 aliphatic carbocycles. The first-order valence-corrected chi connectivity index (χ1v) is 14.7. The highest BCUT2D eigenvalue weighted by molar-refractivity contribution is 7.07. The maximum absolute atomic E-state index is 2.54. The van der Waals surface area contributed by atoms with Crippen molar-refractivity contribution in [2.24, 2.45) is 0 Å². The number of benzene rings is 6. The maximum Gasteiger partial charge on any atom is 0.114 e. The lowest BCUT2D eigenvalue weighted by Crippen LogP contribution is -2.46. The van der Waals surface area contributed by atoms with Crippen molar-refractivity contribution in [1.29, 1.82) is 0 Å². The molecule has 156 valence electrons. The van der Waals surface area contributed by atoms with Crippen LogP contribution in [0, 0.1) is 0 Å². The second-order valence-corrected chi connectivity index (χ2v) is 14.1. The lowest BCUT2D eigenvalue weighted by molar-refractivity contribution is 1.55. The van der Waals surface area contributed by atoms with E-state index < -0.39 is 8.07 Å². The van der Waals surface area contributed by atoms with Crippen LogP contribution in [0.4, 0.5) is 0 Å². The van der Waals surface area contributed by atoms with Crippen molar-refractivity contribution >= 4 is 56.3 Å². The zero-order chi connectivity index (χ0) is 22.2. The first-order valence-electron chi connectivity index (χ1n) is 11.7. The second kappa shape index (κ2) is 6.66. The van der Waals surface area contributed by atoms with Gasteiger partial charge < -0.3 is 0 Å². The topological polar surface area (TPSA) is 0 Å². The van der Waals surface area contributed by atoms with Crippen LogP contribution < -0.4 is 5.19 Å². The fraction of sp³-hybridized carbons (Fsp3) is 0.0625. The van der Waals surface area contributed by atoms with Gasteiger partial charge in [-0.1, -0.05) is 116 Å². The van der Waals surface area contributed by atoms with Gasteiger partial charge in [-0.2, -0.15) is 0 Å². The van der Waals surface area contributed by atoms with Crippen LogP contribution in [0.2, 0.25) is 13.1 Å². The van der Waals surface area contributed by atoms with Gasteiger partial charge in [0.05, 0.1) is 0 Å². The van der Waals surface area contributed by atoms with Gasteiger partial charge in [-0.3, -0.25) is 0 Å². The summed E-state index contributed by atoms with van der Waals surface area (Å²) in [7, 11) is -2.01. The van der Waals surface area contributed by atoms with Gasteiger partial charge in [0.2, 0.25) is 0 Å². The minimum Gasteiger partial charge on any atom is -0.0622 e. The predicted octanol–water partition coefficient (Wildman–Crippen LogP) is 8.01. The van der Waals surface area contributed by atoms with Gasteiger partial charge >= 0.3 is 0 Å². The van der Waals surface area contributed by atoms with Crippen molar-refractivity contribution in [2.45, 2.75) is 13.1 Å². The van der Waals surface area contributed by atoms with Gasteiger partial charge in [0, 0.05) is 0 Å². The maximum atomic E-state index is 2.54. The van der Waals surface area contributed by atoms with E-state index in [1.54, 1.807) is 10.4 Å². The summed E-state index contributed by atoms with van der Waals surface area (Å²) in [5, 5.41) is 11.4. The van der Waals surface area contributed by atoms with Crippen LogP contribution in [0.3, 0.4) is 0 Å². The lowest BCUT2D eigenvalue weighted by atomic mass is 9.85. The molecule has 0 radical (unpaired) electrons. The standard InChI is InChI=1S/C32H24Si/c1-33(2)27-19-18-23-17-16-22-14-9-15-25-20-26(31(27)30(23)28(22)25)29(21-10-5-3-6-11-21)32(33)24-12-7-4-8-13-24/h3-20H,1-2H3. The number of rotatable bonds is 2. The highest BCUT2D eigenvalue weighted by Crippen LogP contribution is 2.47. The van der Waals surface area contributed by atoms with E-state index in [1.807, 2.05) is 0 Å². The van der Waals surface area contributed by atoms with Gasteiger partial charge in [-0.05, 0) is 71.0 Å². The van der Waals surface area contributed by atoms with Crippen LogP contribution >= 0.6 is 0 Å². The first-order chi connectivity index (χ1) is 16.1. The molecule has 0 saturated heterocycles.